The summed E-state index contributed by atoms with van der Waals surface area (Å²) in [5, 5.41) is 8.99. The molecule has 6 heteroatoms. The lowest BCUT2D eigenvalue weighted by Crippen LogP contribution is -2.44. The first-order chi connectivity index (χ1) is 9.99. The molecule has 0 bridgehead atoms. The predicted octanol–water partition coefficient (Wildman–Crippen LogP) is 1.55. The maximum atomic E-state index is 12.5. The molecule has 1 fully saturated rings. The number of benzene rings is 1. The molecule has 0 spiro atoms. The van der Waals surface area contributed by atoms with Crippen molar-refractivity contribution in [2.75, 3.05) is 6.61 Å². The normalized spacial score (nSPS) is 25.1. The van der Waals surface area contributed by atoms with Gasteiger partial charge in [0.25, 0.3) is 11.8 Å². The Kier molecular flexibility index (Phi) is 3.25. The molecule has 0 radical (unpaired) electrons. The largest absolute Gasteiger partial charge is 0.478 e. The molecule has 1 N–H and O–H groups in total. The zero-order valence-corrected chi connectivity index (χ0v) is 11.5. The van der Waals surface area contributed by atoms with E-state index in [1.807, 2.05) is 6.92 Å². The van der Waals surface area contributed by atoms with Gasteiger partial charge in [0.1, 0.15) is 0 Å². The van der Waals surface area contributed by atoms with Crippen LogP contribution in [0.2, 0.25) is 0 Å². The first kappa shape index (κ1) is 13.8. The van der Waals surface area contributed by atoms with Crippen LogP contribution in [-0.4, -0.2) is 46.5 Å². The molecule has 110 valence electrons. The Labute approximate surface area is 121 Å². The van der Waals surface area contributed by atoms with Crippen LogP contribution in [0.1, 0.15) is 50.8 Å². The van der Waals surface area contributed by atoms with Crippen molar-refractivity contribution >= 4 is 17.8 Å². The van der Waals surface area contributed by atoms with Crippen LogP contribution < -0.4 is 0 Å². The zero-order valence-electron chi connectivity index (χ0n) is 11.5. The quantitative estimate of drug-likeness (QED) is 0.835. The van der Waals surface area contributed by atoms with Gasteiger partial charge < -0.3 is 9.84 Å². The van der Waals surface area contributed by atoms with E-state index in [-0.39, 0.29) is 34.7 Å². The van der Waals surface area contributed by atoms with Crippen molar-refractivity contribution < 1.29 is 24.2 Å². The van der Waals surface area contributed by atoms with Crippen LogP contribution in [0.4, 0.5) is 0 Å². The number of fused-ring (bicyclic) bond motifs is 1. The van der Waals surface area contributed by atoms with Gasteiger partial charge in [0, 0.05) is 12.6 Å². The van der Waals surface area contributed by atoms with Crippen molar-refractivity contribution in [2.45, 2.75) is 31.9 Å². The molecule has 2 aliphatic heterocycles. The molecular weight excluding hydrogens is 274 g/mol. The summed E-state index contributed by atoms with van der Waals surface area (Å²) in [6, 6.07) is 3.86. The van der Waals surface area contributed by atoms with E-state index in [0.29, 0.717) is 19.4 Å². The number of imide groups is 1. The van der Waals surface area contributed by atoms with Crippen LogP contribution in [0.3, 0.4) is 0 Å². The third kappa shape index (κ3) is 2.21. The third-order valence-electron chi connectivity index (χ3n) is 3.99. The van der Waals surface area contributed by atoms with Gasteiger partial charge in [0.2, 0.25) is 0 Å². The van der Waals surface area contributed by atoms with E-state index >= 15 is 0 Å². The number of rotatable bonds is 2. The van der Waals surface area contributed by atoms with Gasteiger partial charge in [-0.2, -0.15) is 0 Å². The number of carbonyl (C=O) groups is 3. The molecule has 2 unspecified atom stereocenters. The van der Waals surface area contributed by atoms with Gasteiger partial charge in [-0.3, -0.25) is 14.5 Å². The molecule has 21 heavy (non-hydrogen) atoms. The molecule has 2 aliphatic rings. The maximum absolute atomic E-state index is 12.5. The van der Waals surface area contributed by atoms with E-state index in [1.54, 1.807) is 0 Å². The van der Waals surface area contributed by atoms with E-state index in [9.17, 15) is 14.4 Å². The summed E-state index contributed by atoms with van der Waals surface area (Å²) in [6.45, 7) is 2.42. The van der Waals surface area contributed by atoms with Gasteiger partial charge in [-0.25, -0.2) is 4.79 Å². The molecular formula is C15H15NO5. The second kappa shape index (κ2) is 4.96. The number of aromatic carboxylic acids is 1. The maximum Gasteiger partial charge on any atom is 0.335 e. The zero-order chi connectivity index (χ0) is 15.1. The van der Waals surface area contributed by atoms with Gasteiger partial charge in [-0.15, -0.1) is 0 Å². The van der Waals surface area contributed by atoms with Crippen molar-refractivity contribution in [3.63, 3.8) is 0 Å². The Hall–Kier alpha value is -2.21. The second-order valence-electron chi connectivity index (χ2n) is 5.41. The van der Waals surface area contributed by atoms with Crippen LogP contribution in [0.25, 0.3) is 0 Å². The fraction of sp³-hybridized carbons (Fsp3) is 0.400. The van der Waals surface area contributed by atoms with Crippen LogP contribution >= 0.6 is 0 Å². The Morgan fingerprint density at radius 1 is 1.29 bits per heavy atom. The molecule has 2 amide bonds. The summed E-state index contributed by atoms with van der Waals surface area (Å²) < 4.78 is 5.44. The minimum absolute atomic E-state index is 0.00245. The standard InChI is InChI=1S/C15H15NO5/c1-8-6-10(4-5-21-8)16-13(17)11-3-2-9(15(19)20)7-12(11)14(16)18/h2-3,7-8,10H,4-6H2,1H3,(H,19,20). The van der Waals surface area contributed by atoms with Crippen LogP contribution in [-0.2, 0) is 4.74 Å². The number of nitrogens with zero attached hydrogens (tertiary/aromatic N) is 1. The summed E-state index contributed by atoms with van der Waals surface area (Å²) in [5.74, 6) is -1.86. The fourth-order valence-corrected chi connectivity index (χ4v) is 2.93. The fourth-order valence-electron chi connectivity index (χ4n) is 2.93. The summed E-state index contributed by atoms with van der Waals surface area (Å²) in [5.41, 5.74) is 0.472. The SMILES string of the molecule is CC1CC(N2C(=O)c3ccc(C(=O)O)cc3C2=O)CCO1. The number of carboxylic acids is 1. The Bertz CT molecular complexity index is 639. The van der Waals surface area contributed by atoms with Crippen molar-refractivity contribution in [1.82, 2.24) is 4.90 Å². The van der Waals surface area contributed by atoms with Gasteiger partial charge in [0.15, 0.2) is 0 Å². The van der Waals surface area contributed by atoms with Gasteiger partial charge in [0.05, 0.1) is 22.8 Å². The molecule has 0 saturated carbocycles. The lowest BCUT2D eigenvalue weighted by Gasteiger charge is -2.32. The summed E-state index contributed by atoms with van der Waals surface area (Å²) in [6.07, 6.45) is 1.22. The number of hydrogen-bond donors (Lipinski definition) is 1. The first-order valence-electron chi connectivity index (χ1n) is 6.86. The van der Waals surface area contributed by atoms with E-state index in [0.717, 1.165) is 0 Å². The minimum atomic E-state index is -1.11. The van der Waals surface area contributed by atoms with Gasteiger partial charge >= 0.3 is 5.97 Å². The Morgan fingerprint density at radius 3 is 2.67 bits per heavy atom. The predicted molar refractivity (Wildman–Crippen MR) is 72.3 cm³/mol. The van der Waals surface area contributed by atoms with Crippen molar-refractivity contribution in [2.24, 2.45) is 0 Å². The molecule has 6 nitrogen and oxygen atoms in total. The highest BCUT2D eigenvalue weighted by Crippen LogP contribution is 2.30. The number of ether oxygens (including phenoxy) is 1. The highest BCUT2D eigenvalue weighted by atomic mass is 16.5. The molecule has 1 saturated heterocycles. The molecule has 1 aromatic carbocycles. The lowest BCUT2D eigenvalue weighted by atomic mass is 10.0. The summed E-state index contributed by atoms with van der Waals surface area (Å²) in [4.78, 5) is 37.1. The summed E-state index contributed by atoms with van der Waals surface area (Å²) >= 11 is 0. The van der Waals surface area contributed by atoms with Gasteiger partial charge in [-0.05, 0) is 38.0 Å². The first-order valence-corrected chi connectivity index (χ1v) is 6.86. The average molecular weight is 289 g/mol. The Balaban J connectivity index is 1.94. The van der Waals surface area contributed by atoms with Crippen molar-refractivity contribution in [3.8, 4) is 0 Å². The third-order valence-corrected chi connectivity index (χ3v) is 3.99. The monoisotopic (exact) mass is 289 g/mol. The van der Waals surface area contributed by atoms with Crippen molar-refractivity contribution in [3.05, 3.63) is 34.9 Å². The number of hydrogen-bond acceptors (Lipinski definition) is 4. The average Bonchev–Trinajstić information content (AvgIpc) is 2.70. The van der Waals surface area contributed by atoms with Crippen molar-refractivity contribution in [1.29, 1.82) is 0 Å². The molecule has 3 rings (SSSR count). The smallest absolute Gasteiger partial charge is 0.335 e. The molecule has 2 heterocycles. The van der Waals surface area contributed by atoms with E-state index in [1.165, 1.54) is 23.1 Å². The molecule has 2 atom stereocenters. The number of carbonyl (C=O) groups excluding carboxylic acids is 2. The highest BCUT2D eigenvalue weighted by Gasteiger charge is 2.41. The van der Waals surface area contributed by atoms with E-state index in [4.69, 9.17) is 9.84 Å². The number of carboxylic acid groups (broad SMARTS) is 1. The van der Waals surface area contributed by atoms with Crippen LogP contribution in [0, 0.1) is 0 Å². The molecule has 0 aliphatic carbocycles. The topological polar surface area (TPSA) is 83.9 Å². The van der Waals surface area contributed by atoms with Crippen LogP contribution in [0.5, 0.6) is 0 Å². The second-order valence-corrected chi connectivity index (χ2v) is 5.41. The molecule has 1 aromatic rings. The molecule has 0 aromatic heterocycles. The van der Waals surface area contributed by atoms with E-state index < -0.39 is 11.9 Å². The van der Waals surface area contributed by atoms with Crippen LogP contribution in [0.15, 0.2) is 18.2 Å². The lowest BCUT2D eigenvalue weighted by molar-refractivity contribution is -0.00870. The highest BCUT2D eigenvalue weighted by molar-refractivity contribution is 6.22. The van der Waals surface area contributed by atoms with E-state index in [2.05, 4.69) is 0 Å². The minimum Gasteiger partial charge on any atom is -0.478 e. The van der Waals surface area contributed by atoms with Gasteiger partial charge in [-0.1, -0.05) is 0 Å². The summed E-state index contributed by atoms with van der Waals surface area (Å²) in [7, 11) is 0. The Morgan fingerprint density at radius 2 is 2.00 bits per heavy atom. The number of amides is 2.